The molecule has 0 unspecified atom stereocenters. The van der Waals surface area contributed by atoms with Gasteiger partial charge in [-0.2, -0.15) is 12.7 Å². The van der Waals surface area contributed by atoms with Crippen molar-refractivity contribution in [1.29, 1.82) is 0 Å². The molecule has 1 aromatic rings. The SMILES string of the molecule is CCN(CC)S(=O)(=O)Nc1nc(CCCC(=O)O)cs1. The highest BCUT2D eigenvalue weighted by molar-refractivity contribution is 7.90. The molecule has 0 radical (unpaired) electrons. The smallest absolute Gasteiger partial charge is 0.303 e. The summed E-state index contributed by atoms with van der Waals surface area (Å²) in [4.78, 5) is 14.6. The van der Waals surface area contributed by atoms with Crippen LogP contribution in [-0.4, -0.2) is 41.9 Å². The van der Waals surface area contributed by atoms with Crippen molar-refractivity contribution in [2.24, 2.45) is 0 Å². The quantitative estimate of drug-likeness (QED) is 0.719. The number of carboxylic acid groups (broad SMARTS) is 1. The Balaban J connectivity index is 2.61. The van der Waals surface area contributed by atoms with Crippen LogP contribution in [0.25, 0.3) is 0 Å². The number of aromatic nitrogens is 1. The molecule has 0 aromatic carbocycles. The van der Waals surface area contributed by atoms with Gasteiger partial charge in [0, 0.05) is 24.9 Å². The van der Waals surface area contributed by atoms with Crippen LogP contribution in [0.3, 0.4) is 0 Å². The Labute approximate surface area is 122 Å². The van der Waals surface area contributed by atoms with E-state index in [0.717, 1.165) is 0 Å². The van der Waals surface area contributed by atoms with Crippen molar-refractivity contribution in [3.63, 3.8) is 0 Å². The van der Waals surface area contributed by atoms with Crippen LogP contribution < -0.4 is 4.72 Å². The van der Waals surface area contributed by atoms with E-state index in [2.05, 4.69) is 9.71 Å². The van der Waals surface area contributed by atoms with Crippen molar-refractivity contribution in [3.8, 4) is 0 Å². The average Bonchev–Trinajstić information content (AvgIpc) is 2.76. The van der Waals surface area contributed by atoms with E-state index < -0.39 is 16.2 Å². The first-order valence-electron chi connectivity index (χ1n) is 6.33. The van der Waals surface area contributed by atoms with Gasteiger partial charge < -0.3 is 5.11 Å². The Bertz CT molecular complexity index is 538. The molecule has 114 valence electrons. The second-order valence-electron chi connectivity index (χ2n) is 4.08. The molecule has 2 N–H and O–H groups in total. The summed E-state index contributed by atoms with van der Waals surface area (Å²) in [5.74, 6) is -0.845. The van der Waals surface area contributed by atoms with Gasteiger partial charge in [0.25, 0.3) is 0 Å². The van der Waals surface area contributed by atoms with Gasteiger partial charge in [-0.3, -0.25) is 4.79 Å². The number of carboxylic acids is 1. The van der Waals surface area contributed by atoms with Crippen molar-refractivity contribution in [2.75, 3.05) is 17.8 Å². The first kappa shape index (κ1) is 16.9. The number of nitrogens with one attached hydrogen (secondary N) is 1. The van der Waals surface area contributed by atoms with Gasteiger partial charge in [0.1, 0.15) is 0 Å². The lowest BCUT2D eigenvalue weighted by Crippen LogP contribution is -2.35. The zero-order chi connectivity index (χ0) is 15.2. The zero-order valence-corrected chi connectivity index (χ0v) is 13.1. The molecule has 1 aromatic heterocycles. The summed E-state index contributed by atoms with van der Waals surface area (Å²) in [6, 6.07) is 0. The van der Waals surface area contributed by atoms with E-state index in [-0.39, 0.29) is 6.42 Å². The highest BCUT2D eigenvalue weighted by Gasteiger charge is 2.19. The van der Waals surface area contributed by atoms with Crippen molar-refractivity contribution < 1.29 is 18.3 Å². The van der Waals surface area contributed by atoms with Gasteiger partial charge in [-0.25, -0.2) is 9.71 Å². The third-order valence-corrected chi connectivity index (χ3v) is 5.22. The Morgan fingerprint density at radius 3 is 2.65 bits per heavy atom. The molecule has 0 aliphatic rings. The van der Waals surface area contributed by atoms with Crippen molar-refractivity contribution in [1.82, 2.24) is 9.29 Å². The number of aryl methyl sites for hydroxylation is 1. The lowest BCUT2D eigenvalue weighted by molar-refractivity contribution is -0.137. The molecule has 0 saturated carbocycles. The molecule has 0 aliphatic heterocycles. The van der Waals surface area contributed by atoms with Crippen LogP contribution in [0, 0.1) is 0 Å². The Kier molecular flexibility index (Phi) is 6.37. The lowest BCUT2D eigenvalue weighted by Gasteiger charge is -2.17. The first-order chi connectivity index (χ1) is 9.39. The molecule has 0 fully saturated rings. The van der Waals surface area contributed by atoms with E-state index in [0.29, 0.717) is 36.8 Å². The van der Waals surface area contributed by atoms with Gasteiger partial charge in [0.15, 0.2) is 5.13 Å². The number of thiazole rings is 1. The fraction of sp³-hybridized carbons (Fsp3) is 0.636. The van der Waals surface area contributed by atoms with Gasteiger partial charge >= 0.3 is 16.2 Å². The third-order valence-electron chi connectivity index (χ3n) is 2.64. The highest BCUT2D eigenvalue weighted by Crippen LogP contribution is 2.19. The number of hydrogen-bond acceptors (Lipinski definition) is 5. The molecular weight excluding hydrogens is 302 g/mol. The van der Waals surface area contributed by atoms with Crippen LogP contribution in [0.4, 0.5) is 5.13 Å². The summed E-state index contributed by atoms with van der Waals surface area (Å²) >= 11 is 1.20. The molecule has 7 nitrogen and oxygen atoms in total. The van der Waals surface area contributed by atoms with E-state index in [1.165, 1.54) is 15.6 Å². The van der Waals surface area contributed by atoms with Gasteiger partial charge in [0.05, 0.1) is 5.69 Å². The number of aliphatic carboxylic acids is 1. The average molecular weight is 321 g/mol. The topological polar surface area (TPSA) is 99.6 Å². The summed E-state index contributed by atoms with van der Waals surface area (Å²) in [6.07, 6.45) is 1.09. The number of carbonyl (C=O) groups is 1. The van der Waals surface area contributed by atoms with Crippen LogP contribution >= 0.6 is 11.3 Å². The fourth-order valence-corrected chi connectivity index (χ4v) is 3.80. The highest BCUT2D eigenvalue weighted by atomic mass is 32.2. The molecule has 0 aliphatic carbocycles. The van der Waals surface area contributed by atoms with E-state index >= 15 is 0 Å². The number of rotatable bonds is 9. The molecule has 9 heteroatoms. The monoisotopic (exact) mass is 321 g/mol. The minimum Gasteiger partial charge on any atom is -0.481 e. The first-order valence-corrected chi connectivity index (χ1v) is 8.65. The Morgan fingerprint density at radius 1 is 1.45 bits per heavy atom. The van der Waals surface area contributed by atoms with Gasteiger partial charge in [-0.15, -0.1) is 11.3 Å². The summed E-state index contributed by atoms with van der Waals surface area (Å²) in [5.41, 5.74) is 0.702. The van der Waals surface area contributed by atoms with Crippen molar-refractivity contribution in [3.05, 3.63) is 11.1 Å². The standard InChI is InChI=1S/C11H19N3O4S2/c1-3-14(4-2)20(17,18)13-11-12-9(8-19-11)6-5-7-10(15)16/h8H,3-7H2,1-2H3,(H,12,13)(H,15,16). The second-order valence-corrected chi connectivity index (χ2v) is 6.61. The molecule has 0 spiro atoms. The zero-order valence-electron chi connectivity index (χ0n) is 11.5. The summed E-state index contributed by atoms with van der Waals surface area (Å²) in [7, 11) is -3.56. The number of anilines is 1. The lowest BCUT2D eigenvalue weighted by atomic mass is 10.2. The molecule has 0 saturated heterocycles. The van der Waals surface area contributed by atoms with Gasteiger partial charge in [0.2, 0.25) is 0 Å². The van der Waals surface area contributed by atoms with E-state index in [1.807, 2.05) is 0 Å². The predicted octanol–water partition coefficient (Wildman–Crippen LogP) is 1.55. The van der Waals surface area contributed by atoms with Crippen LogP contribution in [0.2, 0.25) is 0 Å². The van der Waals surface area contributed by atoms with Crippen LogP contribution in [0.1, 0.15) is 32.4 Å². The summed E-state index contributed by atoms with van der Waals surface area (Å²) in [5, 5.41) is 10.6. The minimum absolute atomic E-state index is 0.0814. The predicted molar refractivity (Wildman–Crippen MR) is 78.2 cm³/mol. The maximum Gasteiger partial charge on any atom is 0.303 e. The normalized spacial score (nSPS) is 11.8. The third kappa shape index (κ3) is 5.06. The molecule has 1 rings (SSSR count). The second kappa shape index (κ2) is 7.55. The van der Waals surface area contributed by atoms with Crippen molar-refractivity contribution >= 4 is 32.6 Å². The molecule has 0 atom stereocenters. The largest absolute Gasteiger partial charge is 0.481 e. The van der Waals surface area contributed by atoms with Crippen molar-refractivity contribution in [2.45, 2.75) is 33.1 Å². The van der Waals surface area contributed by atoms with E-state index in [4.69, 9.17) is 5.11 Å². The van der Waals surface area contributed by atoms with E-state index in [9.17, 15) is 13.2 Å². The molecule has 20 heavy (non-hydrogen) atoms. The van der Waals surface area contributed by atoms with Crippen LogP contribution in [0.15, 0.2) is 5.38 Å². The summed E-state index contributed by atoms with van der Waals surface area (Å²) in [6.45, 7) is 4.31. The number of hydrogen-bond donors (Lipinski definition) is 2. The Hall–Kier alpha value is -1.19. The maximum atomic E-state index is 12.0. The Morgan fingerprint density at radius 2 is 2.10 bits per heavy atom. The molecule has 0 bridgehead atoms. The van der Waals surface area contributed by atoms with Crippen LogP contribution in [0.5, 0.6) is 0 Å². The molecule has 1 heterocycles. The maximum absolute atomic E-state index is 12.0. The molecule has 0 amide bonds. The van der Waals surface area contributed by atoms with Crippen LogP contribution in [-0.2, 0) is 21.4 Å². The molecular formula is C11H19N3O4S2. The number of nitrogens with zero attached hydrogens (tertiary/aromatic N) is 2. The summed E-state index contributed by atoms with van der Waals surface area (Å²) < 4.78 is 27.7. The van der Waals surface area contributed by atoms with Gasteiger partial charge in [-0.1, -0.05) is 13.8 Å². The fourth-order valence-electron chi connectivity index (χ4n) is 1.63. The van der Waals surface area contributed by atoms with E-state index in [1.54, 1.807) is 19.2 Å². The van der Waals surface area contributed by atoms with Gasteiger partial charge in [-0.05, 0) is 12.8 Å². The minimum atomic E-state index is -3.56.